The van der Waals surface area contributed by atoms with Gasteiger partial charge >= 0.3 is 0 Å². The Kier molecular flexibility index (Phi) is 7.00. The number of nitrogens with zero attached hydrogens (tertiary/aromatic N) is 8. The highest BCUT2D eigenvalue weighted by Gasteiger charge is 2.46. The Morgan fingerprint density at radius 3 is 2.54 bits per heavy atom. The number of imidazole rings is 1. The average Bonchev–Trinajstić information content (AvgIpc) is 3.45. The highest BCUT2D eigenvalue weighted by atomic mass is 35.5. The van der Waals surface area contributed by atoms with E-state index in [1.807, 2.05) is 24.5 Å². The number of carbonyl (C=O) groups excluding carboxylic acids is 1. The van der Waals surface area contributed by atoms with Crippen LogP contribution in [0.15, 0.2) is 41.5 Å². The van der Waals surface area contributed by atoms with Gasteiger partial charge in [-0.1, -0.05) is 17.7 Å². The number of amides is 1. The number of hydrogen-bond acceptors (Lipinski definition) is 8. The average molecular weight is 577 g/mol. The molecule has 13 heteroatoms. The van der Waals surface area contributed by atoms with Crippen molar-refractivity contribution >= 4 is 29.1 Å². The van der Waals surface area contributed by atoms with E-state index in [1.54, 1.807) is 31.3 Å². The number of rotatable bonds is 6. The largest absolute Gasteiger partial charge is 0.480 e. The fraction of sp³-hybridized carbons (Fsp3) is 0.286. The maximum absolute atomic E-state index is 15.0. The normalized spacial score (nSPS) is 14.4. The van der Waals surface area contributed by atoms with Crippen molar-refractivity contribution in [2.45, 2.75) is 25.9 Å². The fourth-order valence-corrected chi connectivity index (χ4v) is 5.24. The number of halogens is 2. The van der Waals surface area contributed by atoms with Crippen molar-refractivity contribution in [3.63, 3.8) is 0 Å². The molecule has 1 amide bonds. The first-order valence-corrected chi connectivity index (χ1v) is 13.0. The van der Waals surface area contributed by atoms with Gasteiger partial charge in [-0.05, 0) is 37.6 Å². The predicted octanol–water partition coefficient (Wildman–Crippen LogP) is 4.11. The number of anilines is 2. The summed E-state index contributed by atoms with van der Waals surface area (Å²) in [5.41, 5.74) is 0.682. The quantitative estimate of drug-likeness (QED) is 0.336. The van der Waals surface area contributed by atoms with E-state index >= 15 is 0 Å². The number of hydrogen-bond donors (Lipinski definition) is 0. The van der Waals surface area contributed by atoms with Gasteiger partial charge in [-0.2, -0.15) is 10.2 Å². The van der Waals surface area contributed by atoms with Crippen molar-refractivity contribution in [3.05, 3.63) is 80.4 Å². The van der Waals surface area contributed by atoms with E-state index in [0.29, 0.717) is 28.6 Å². The van der Waals surface area contributed by atoms with Gasteiger partial charge in [0.2, 0.25) is 11.8 Å². The lowest BCUT2D eigenvalue weighted by molar-refractivity contribution is 0.0989. The van der Waals surface area contributed by atoms with Crippen LogP contribution in [0.3, 0.4) is 0 Å². The number of aryl methyl sites for hydroxylation is 1. The van der Waals surface area contributed by atoms with Crippen LogP contribution in [0.25, 0.3) is 11.4 Å². The number of methoxy groups -OCH3 is 1. The van der Waals surface area contributed by atoms with E-state index in [0.717, 1.165) is 0 Å². The van der Waals surface area contributed by atoms with Crippen LogP contribution in [0.5, 0.6) is 5.88 Å². The zero-order chi connectivity index (χ0) is 29.7. The molecule has 41 heavy (non-hydrogen) atoms. The number of benzene rings is 1. The topological polar surface area (TPSA) is 122 Å². The predicted molar refractivity (Wildman–Crippen MR) is 151 cm³/mol. The molecule has 5 rings (SSSR count). The highest BCUT2D eigenvalue weighted by Crippen LogP contribution is 2.45. The number of pyridine rings is 1. The third kappa shape index (κ3) is 4.48. The third-order valence-electron chi connectivity index (χ3n) is 6.80. The van der Waals surface area contributed by atoms with Crippen molar-refractivity contribution in [2.24, 2.45) is 7.05 Å². The summed E-state index contributed by atoms with van der Waals surface area (Å²) in [5, 5.41) is 9.53. The van der Waals surface area contributed by atoms with Gasteiger partial charge in [0.25, 0.3) is 11.5 Å². The minimum absolute atomic E-state index is 0.00544. The van der Waals surface area contributed by atoms with Gasteiger partial charge in [0.15, 0.2) is 5.69 Å². The Hall–Kier alpha value is -4.76. The first-order chi connectivity index (χ1) is 19.5. The molecule has 0 spiro atoms. The van der Waals surface area contributed by atoms with E-state index in [1.165, 1.54) is 48.0 Å². The zero-order valence-corrected chi connectivity index (χ0v) is 23.9. The molecule has 1 atom stereocenters. The second-order valence-corrected chi connectivity index (χ2v) is 10.4. The molecule has 0 N–H and O–H groups in total. The molecular formula is C28H26ClFN8O3. The van der Waals surface area contributed by atoms with Crippen LogP contribution < -0.4 is 20.1 Å². The van der Waals surface area contributed by atoms with E-state index in [9.17, 15) is 19.2 Å². The lowest BCUT2D eigenvalue weighted by Gasteiger charge is -2.28. The van der Waals surface area contributed by atoms with Crippen LogP contribution in [0.2, 0.25) is 5.02 Å². The van der Waals surface area contributed by atoms with Gasteiger partial charge in [-0.3, -0.25) is 14.5 Å². The molecule has 0 unspecified atom stereocenters. The maximum Gasteiger partial charge on any atom is 0.279 e. The molecule has 210 valence electrons. The molecule has 1 aliphatic heterocycles. The van der Waals surface area contributed by atoms with Crippen LogP contribution in [0.4, 0.5) is 16.0 Å². The van der Waals surface area contributed by atoms with Crippen molar-refractivity contribution in [1.29, 1.82) is 5.26 Å². The van der Waals surface area contributed by atoms with Gasteiger partial charge in [-0.15, -0.1) is 0 Å². The molecule has 1 aromatic carbocycles. The fourth-order valence-electron chi connectivity index (χ4n) is 4.99. The molecule has 0 bridgehead atoms. The Balaban J connectivity index is 1.82. The molecule has 4 heterocycles. The Morgan fingerprint density at radius 2 is 1.93 bits per heavy atom. The SMILES string of the molecule is COc1nc(N(C)C)ncc1-c1nc2c(n1C(C)C)[C@@H](c1ccc(C#N)c(F)c1)N(c1cc(Cl)cn(C)c1=O)C2=O. The second-order valence-electron chi connectivity index (χ2n) is 10.0. The summed E-state index contributed by atoms with van der Waals surface area (Å²) in [6.07, 6.45) is 3.01. The Bertz CT molecular complexity index is 1810. The van der Waals surface area contributed by atoms with Crippen LogP contribution in [0, 0.1) is 17.1 Å². The molecule has 0 saturated carbocycles. The number of ether oxygens (including phenoxy) is 1. The van der Waals surface area contributed by atoms with Gasteiger partial charge in [-0.25, -0.2) is 14.4 Å². The Morgan fingerprint density at radius 1 is 1.20 bits per heavy atom. The van der Waals surface area contributed by atoms with E-state index in [-0.39, 0.29) is 33.9 Å². The number of aromatic nitrogens is 5. The minimum atomic E-state index is -0.970. The van der Waals surface area contributed by atoms with Crippen molar-refractivity contribution in [3.8, 4) is 23.3 Å². The second kappa shape index (κ2) is 10.3. The molecule has 0 fully saturated rings. The van der Waals surface area contributed by atoms with Crippen molar-refractivity contribution < 1.29 is 13.9 Å². The molecule has 3 aromatic heterocycles. The summed E-state index contributed by atoms with van der Waals surface area (Å²) in [6, 6.07) is 6.09. The molecule has 0 radical (unpaired) electrons. The van der Waals surface area contributed by atoms with Crippen LogP contribution in [0.1, 0.15) is 53.2 Å². The van der Waals surface area contributed by atoms with Crippen LogP contribution in [-0.2, 0) is 7.05 Å². The lowest BCUT2D eigenvalue weighted by atomic mass is 10.0. The van der Waals surface area contributed by atoms with Gasteiger partial charge in [0.05, 0.1) is 29.0 Å². The summed E-state index contributed by atoms with van der Waals surface area (Å²) >= 11 is 6.30. The van der Waals surface area contributed by atoms with E-state index < -0.39 is 23.3 Å². The van der Waals surface area contributed by atoms with Gasteiger partial charge in [0.1, 0.15) is 29.4 Å². The molecule has 11 nitrogen and oxygen atoms in total. The molecule has 4 aromatic rings. The smallest absolute Gasteiger partial charge is 0.279 e. The first kappa shape index (κ1) is 27.8. The van der Waals surface area contributed by atoms with Crippen LogP contribution in [-0.4, -0.2) is 51.2 Å². The van der Waals surface area contributed by atoms with Crippen LogP contribution >= 0.6 is 11.6 Å². The molecule has 1 aliphatic rings. The minimum Gasteiger partial charge on any atom is -0.480 e. The summed E-state index contributed by atoms with van der Waals surface area (Å²) in [6.45, 7) is 3.82. The van der Waals surface area contributed by atoms with Gasteiger partial charge in [0, 0.05) is 39.6 Å². The first-order valence-electron chi connectivity index (χ1n) is 12.6. The lowest BCUT2D eigenvalue weighted by Crippen LogP contribution is -2.36. The third-order valence-corrected chi connectivity index (χ3v) is 7.00. The van der Waals surface area contributed by atoms with Crippen molar-refractivity contribution in [1.82, 2.24) is 24.1 Å². The number of nitriles is 1. The molecule has 0 aliphatic carbocycles. The molecular weight excluding hydrogens is 551 g/mol. The monoisotopic (exact) mass is 576 g/mol. The standard InChI is InChI=1S/C28H26ClFN8O3/c1-14(2)37-23-21(33-24(37)18-12-32-28(35(3)4)34-25(18)41-6)27(40)38(20-10-17(29)13-36(5)26(20)39)22(23)15-7-8-16(11-31)19(30)9-15/h7-10,12-14,22H,1-6H3/t22-/m1/s1. The highest BCUT2D eigenvalue weighted by molar-refractivity contribution is 6.30. The van der Waals surface area contributed by atoms with Crippen molar-refractivity contribution in [2.75, 3.05) is 31.0 Å². The summed E-state index contributed by atoms with van der Waals surface area (Å²) < 4.78 is 23.7. The molecule has 0 saturated heterocycles. The van der Waals surface area contributed by atoms with E-state index in [4.69, 9.17) is 21.3 Å². The Labute approximate surface area is 240 Å². The summed E-state index contributed by atoms with van der Waals surface area (Å²) in [5.74, 6) is -0.276. The van der Waals surface area contributed by atoms with Gasteiger partial charge < -0.3 is 18.8 Å². The summed E-state index contributed by atoms with van der Waals surface area (Å²) in [7, 11) is 6.60. The number of carbonyl (C=O) groups is 1. The summed E-state index contributed by atoms with van der Waals surface area (Å²) in [4.78, 5) is 44.0. The zero-order valence-electron chi connectivity index (χ0n) is 23.2. The number of fused-ring (bicyclic) bond motifs is 1. The maximum atomic E-state index is 15.0. The van der Waals surface area contributed by atoms with E-state index in [2.05, 4.69) is 9.97 Å².